The van der Waals surface area contributed by atoms with E-state index < -0.39 is 0 Å². The highest BCUT2D eigenvalue weighted by molar-refractivity contribution is 9.09. The van der Waals surface area contributed by atoms with E-state index in [0.29, 0.717) is 5.25 Å². The molecular weight excluding hydrogens is 272 g/mol. The second-order valence-electron chi connectivity index (χ2n) is 4.30. The van der Waals surface area contributed by atoms with Crippen molar-refractivity contribution in [3.8, 4) is 0 Å². The van der Waals surface area contributed by atoms with Gasteiger partial charge in [0.05, 0.1) is 6.54 Å². The van der Waals surface area contributed by atoms with Gasteiger partial charge >= 0.3 is 0 Å². The van der Waals surface area contributed by atoms with Gasteiger partial charge in [-0.25, -0.2) is 0 Å². The van der Waals surface area contributed by atoms with Crippen LogP contribution in [0.5, 0.6) is 0 Å². The van der Waals surface area contributed by atoms with Gasteiger partial charge in [-0.05, 0) is 19.3 Å². The van der Waals surface area contributed by atoms with Crippen molar-refractivity contribution in [2.75, 3.05) is 18.4 Å². The van der Waals surface area contributed by atoms with E-state index in [9.17, 15) is 0 Å². The van der Waals surface area contributed by atoms with Crippen LogP contribution in [0.25, 0.3) is 0 Å². The Balaban J connectivity index is 1.87. The van der Waals surface area contributed by atoms with E-state index in [2.05, 4.69) is 32.7 Å². The molecule has 15 heavy (non-hydrogen) atoms. The Bertz CT molecular complexity index is 241. The molecule has 1 heterocycles. The monoisotopic (exact) mass is 290 g/mol. The number of nitrogens with zero attached hydrogens (tertiary/aromatic N) is 2. The van der Waals surface area contributed by atoms with Gasteiger partial charge in [-0.1, -0.05) is 41.0 Å². The highest BCUT2D eigenvalue weighted by Gasteiger charge is 2.33. The molecule has 2 aliphatic rings. The molecule has 1 atom stereocenters. The molecule has 1 aliphatic heterocycles. The summed E-state index contributed by atoms with van der Waals surface area (Å²) in [5, 5.41) is 3.05. The lowest BCUT2D eigenvalue weighted by Gasteiger charge is -2.23. The van der Waals surface area contributed by atoms with Crippen LogP contribution in [0.2, 0.25) is 0 Å². The first-order chi connectivity index (χ1) is 7.35. The summed E-state index contributed by atoms with van der Waals surface area (Å²) in [6.45, 7) is 4.47. The second kappa shape index (κ2) is 5.58. The van der Waals surface area contributed by atoms with Gasteiger partial charge in [0.1, 0.15) is 0 Å². The zero-order valence-corrected chi connectivity index (χ0v) is 11.7. The molecule has 2 rings (SSSR count). The van der Waals surface area contributed by atoms with Crippen molar-refractivity contribution in [3.05, 3.63) is 0 Å². The second-order valence-corrected chi connectivity index (χ2v) is 6.21. The molecule has 2 nitrogen and oxygen atoms in total. The van der Waals surface area contributed by atoms with E-state index >= 15 is 0 Å². The minimum Gasteiger partial charge on any atom is -0.349 e. The van der Waals surface area contributed by atoms with Gasteiger partial charge in [0.2, 0.25) is 0 Å². The summed E-state index contributed by atoms with van der Waals surface area (Å²) in [7, 11) is 0. The fourth-order valence-electron chi connectivity index (χ4n) is 1.79. The third-order valence-corrected chi connectivity index (χ3v) is 5.29. The Kier molecular flexibility index (Phi) is 4.38. The molecule has 0 amide bonds. The SMILES string of the molecule is CCCCN(C1=NCC(CBr)S1)C1CC1. The van der Waals surface area contributed by atoms with Crippen LogP contribution in [0.4, 0.5) is 0 Å². The van der Waals surface area contributed by atoms with Crippen molar-refractivity contribution < 1.29 is 0 Å². The maximum atomic E-state index is 4.68. The maximum absolute atomic E-state index is 4.68. The molecule has 0 bridgehead atoms. The minimum atomic E-state index is 0.669. The molecule has 1 unspecified atom stereocenters. The molecule has 0 aromatic rings. The first-order valence-electron chi connectivity index (χ1n) is 5.89. The van der Waals surface area contributed by atoms with E-state index in [1.165, 1.54) is 37.4 Å². The smallest absolute Gasteiger partial charge is 0.159 e. The molecule has 1 saturated carbocycles. The summed E-state index contributed by atoms with van der Waals surface area (Å²) in [4.78, 5) is 7.23. The first-order valence-corrected chi connectivity index (χ1v) is 7.89. The number of unbranched alkanes of at least 4 members (excludes halogenated alkanes) is 1. The number of amidine groups is 1. The number of halogens is 1. The van der Waals surface area contributed by atoms with E-state index in [4.69, 9.17) is 0 Å². The Hall–Kier alpha value is 0.300. The highest BCUT2D eigenvalue weighted by atomic mass is 79.9. The normalized spacial score (nSPS) is 25.5. The lowest BCUT2D eigenvalue weighted by Crippen LogP contribution is -2.31. The first kappa shape index (κ1) is 11.8. The molecule has 0 saturated heterocycles. The number of thioether (sulfide) groups is 1. The van der Waals surface area contributed by atoms with Crippen LogP contribution in [0.1, 0.15) is 32.6 Å². The van der Waals surface area contributed by atoms with E-state index in [0.717, 1.165) is 17.9 Å². The fraction of sp³-hybridized carbons (Fsp3) is 0.909. The van der Waals surface area contributed by atoms with Crippen LogP contribution in [-0.4, -0.2) is 39.8 Å². The molecule has 0 N–H and O–H groups in total. The molecule has 0 radical (unpaired) electrons. The van der Waals surface area contributed by atoms with Gasteiger partial charge in [-0.15, -0.1) is 0 Å². The van der Waals surface area contributed by atoms with Gasteiger partial charge in [-0.2, -0.15) is 0 Å². The van der Waals surface area contributed by atoms with Crippen molar-refractivity contribution in [1.29, 1.82) is 0 Å². The zero-order chi connectivity index (χ0) is 10.7. The van der Waals surface area contributed by atoms with Gasteiger partial charge in [-0.3, -0.25) is 4.99 Å². The van der Waals surface area contributed by atoms with Gasteiger partial charge < -0.3 is 4.90 Å². The molecule has 86 valence electrons. The number of hydrogen-bond donors (Lipinski definition) is 0. The van der Waals surface area contributed by atoms with E-state index in [-0.39, 0.29) is 0 Å². The average Bonchev–Trinajstić information content (AvgIpc) is 2.97. The summed E-state index contributed by atoms with van der Waals surface area (Å²) in [5.74, 6) is 0. The molecule has 0 aromatic carbocycles. The zero-order valence-electron chi connectivity index (χ0n) is 9.29. The van der Waals surface area contributed by atoms with Crippen molar-refractivity contribution in [2.45, 2.75) is 43.9 Å². The lowest BCUT2D eigenvalue weighted by molar-refractivity contribution is 0.406. The van der Waals surface area contributed by atoms with Crippen molar-refractivity contribution in [1.82, 2.24) is 4.90 Å². The van der Waals surface area contributed by atoms with Crippen molar-refractivity contribution >= 4 is 32.9 Å². The quantitative estimate of drug-likeness (QED) is 0.723. The van der Waals surface area contributed by atoms with Crippen LogP contribution in [0.3, 0.4) is 0 Å². The molecular formula is C11H19BrN2S. The summed E-state index contributed by atoms with van der Waals surface area (Å²) in [6, 6.07) is 0.817. The predicted molar refractivity (Wildman–Crippen MR) is 72.1 cm³/mol. The Morgan fingerprint density at radius 3 is 2.87 bits per heavy atom. The summed E-state index contributed by atoms with van der Waals surface area (Å²) in [6.07, 6.45) is 5.34. The van der Waals surface area contributed by atoms with Gasteiger partial charge in [0.25, 0.3) is 0 Å². The van der Waals surface area contributed by atoms with Crippen LogP contribution in [0, 0.1) is 0 Å². The molecule has 0 aromatic heterocycles. The molecule has 0 spiro atoms. The van der Waals surface area contributed by atoms with Crippen molar-refractivity contribution in [3.63, 3.8) is 0 Å². The Morgan fingerprint density at radius 2 is 2.33 bits per heavy atom. The fourth-order valence-corrected chi connectivity index (χ4v) is 3.43. The third-order valence-electron chi connectivity index (χ3n) is 2.86. The Morgan fingerprint density at radius 1 is 1.53 bits per heavy atom. The standard InChI is InChI=1S/C11H19BrN2S/c1-2-3-6-14(9-4-5-9)11-13-8-10(7-12)15-11/h9-10H,2-8H2,1H3. The molecule has 1 aliphatic carbocycles. The highest BCUT2D eigenvalue weighted by Crippen LogP contribution is 2.33. The molecule has 1 fully saturated rings. The average molecular weight is 291 g/mol. The number of rotatable bonds is 5. The number of aliphatic imine (C=N–C) groups is 1. The van der Waals surface area contributed by atoms with Crippen LogP contribution >= 0.6 is 27.7 Å². The van der Waals surface area contributed by atoms with Gasteiger partial charge in [0.15, 0.2) is 5.17 Å². The maximum Gasteiger partial charge on any atom is 0.159 e. The topological polar surface area (TPSA) is 15.6 Å². The van der Waals surface area contributed by atoms with E-state index in [1.807, 2.05) is 11.8 Å². The summed E-state index contributed by atoms with van der Waals surface area (Å²) < 4.78 is 0. The lowest BCUT2D eigenvalue weighted by atomic mass is 10.3. The number of alkyl halides is 1. The third kappa shape index (κ3) is 3.13. The summed E-state index contributed by atoms with van der Waals surface area (Å²) >= 11 is 5.51. The van der Waals surface area contributed by atoms with Gasteiger partial charge in [0, 0.05) is 23.2 Å². The number of hydrogen-bond acceptors (Lipinski definition) is 3. The summed E-state index contributed by atoms with van der Waals surface area (Å²) in [5.41, 5.74) is 0. The largest absolute Gasteiger partial charge is 0.349 e. The van der Waals surface area contributed by atoms with Crippen LogP contribution in [-0.2, 0) is 0 Å². The Labute approximate surface area is 105 Å². The minimum absolute atomic E-state index is 0.669. The van der Waals surface area contributed by atoms with Crippen LogP contribution in [0.15, 0.2) is 4.99 Å². The van der Waals surface area contributed by atoms with Crippen molar-refractivity contribution in [2.24, 2.45) is 4.99 Å². The van der Waals surface area contributed by atoms with E-state index in [1.54, 1.807) is 0 Å². The predicted octanol–water partition coefficient (Wildman–Crippen LogP) is 3.12. The van der Waals surface area contributed by atoms with Crippen LogP contribution < -0.4 is 0 Å². The molecule has 4 heteroatoms.